The van der Waals surface area contributed by atoms with Gasteiger partial charge >= 0.3 is 0 Å². The van der Waals surface area contributed by atoms with E-state index in [-0.39, 0.29) is 31.4 Å². The SMILES string of the molecule is O=C(CCCOc1ccc(Cl)cc1Cl)NNC(=O)CNC(=O)c1ccsc1. The highest BCUT2D eigenvalue weighted by atomic mass is 35.5. The first-order chi connectivity index (χ1) is 13.0. The summed E-state index contributed by atoms with van der Waals surface area (Å²) in [5.41, 5.74) is 4.99. The molecule has 2 rings (SSSR count). The molecule has 0 spiro atoms. The van der Waals surface area contributed by atoms with Crippen LogP contribution in [0.15, 0.2) is 35.0 Å². The van der Waals surface area contributed by atoms with Gasteiger partial charge < -0.3 is 10.1 Å². The van der Waals surface area contributed by atoms with Crippen molar-refractivity contribution in [3.63, 3.8) is 0 Å². The molecule has 0 radical (unpaired) electrons. The zero-order valence-electron chi connectivity index (χ0n) is 14.1. The van der Waals surface area contributed by atoms with Crippen LogP contribution < -0.4 is 20.9 Å². The molecule has 3 N–H and O–H groups in total. The van der Waals surface area contributed by atoms with Crippen molar-refractivity contribution in [3.8, 4) is 5.75 Å². The molecule has 0 aliphatic heterocycles. The van der Waals surface area contributed by atoms with Gasteiger partial charge in [0.25, 0.3) is 11.8 Å². The van der Waals surface area contributed by atoms with Crippen molar-refractivity contribution in [3.05, 3.63) is 50.6 Å². The van der Waals surface area contributed by atoms with E-state index < -0.39 is 5.91 Å². The topological polar surface area (TPSA) is 96.5 Å². The molecule has 0 saturated heterocycles. The van der Waals surface area contributed by atoms with Crippen molar-refractivity contribution in [1.29, 1.82) is 0 Å². The first-order valence-electron chi connectivity index (χ1n) is 7.91. The molecular weight excluding hydrogens is 413 g/mol. The fourth-order valence-corrected chi connectivity index (χ4v) is 3.01. The summed E-state index contributed by atoms with van der Waals surface area (Å²) >= 11 is 13.2. The van der Waals surface area contributed by atoms with Gasteiger partial charge in [0.1, 0.15) is 5.75 Å². The van der Waals surface area contributed by atoms with Gasteiger partial charge in [-0.1, -0.05) is 23.2 Å². The highest BCUT2D eigenvalue weighted by Gasteiger charge is 2.09. The molecule has 144 valence electrons. The number of amides is 3. The quantitative estimate of drug-likeness (QED) is 0.443. The Morgan fingerprint density at radius 1 is 1.07 bits per heavy atom. The second kappa shape index (κ2) is 10.8. The lowest BCUT2D eigenvalue weighted by atomic mass is 10.3. The molecule has 10 heteroatoms. The molecule has 0 aliphatic carbocycles. The maximum atomic E-state index is 11.7. The molecule has 2 aromatic rings. The van der Waals surface area contributed by atoms with E-state index in [1.54, 1.807) is 35.0 Å². The summed E-state index contributed by atoms with van der Waals surface area (Å²) in [6, 6.07) is 6.52. The fraction of sp³-hybridized carbons (Fsp3) is 0.235. The van der Waals surface area contributed by atoms with Gasteiger partial charge in [0.05, 0.1) is 18.2 Å². The Hall–Kier alpha value is -2.29. The molecule has 1 aromatic heterocycles. The van der Waals surface area contributed by atoms with Crippen LogP contribution in [0.1, 0.15) is 23.2 Å². The zero-order valence-corrected chi connectivity index (χ0v) is 16.4. The van der Waals surface area contributed by atoms with Crippen LogP contribution in [0.5, 0.6) is 5.75 Å². The summed E-state index contributed by atoms with van der Waals surface area (Å²) in [5, 5.41) is 6.79. The first-order valence-corrected chi connectivity index (χ1v) is 9.61. The molecule has 0 fully saturated rings. The normalized spacial score (nSPS) is 10.1. The third kappa shape index (κ3) is 7.46. The van der Waals surface area contributed by atoms with Crippen molar-refractivity contribution in [1.82, 2.24) is 16.2 Å². The molecule has 0 aliphatic rings. The Kier molecular flexibility index (Phi) is 8.38. The van der Waals surface area contributed by atoms with E-state index in [1.807, 2.05) is 0 Å². The molecule has 0 atom stereocenters. The minimum atomic E-state index is -0.531. The average molecular weight is 430 g/mol. The number of carbonyl (C=O) groups excluding carboxylic acids is 3. The minimum absolute atomic E-state index is 0.146. The van der Waals surface area contributed by atoms with E-state index >= 15 is 0 Å². The number of halogens is 2. The Balaban J connectivity index is 1.57. The number of benzene rings is 1. The second-order valence-corrected chi connectivity index (χ2v) is 6.94. The third-order valence-corrected chi connectivity index (χ3v) is 4.45. The van der Waals surface area contributed by atoms with Crippen LogP contribution in [0.2, 0.25) is 10.0 Å². The molecule has 1 aromatic carbocycles. The van der Waals surface area contributed by atoms with Gasteiger partial charge in [-0.3, -0.25) is 25.2 Å². The highest BCUT2D eigenvalue weighted by Crippen LogP contribution is 2.27. The Morgan fingerprint density at radius 2 is 1.85 bits per heavy atom. The van der Waals surface area contributed by atoms with Crippen LogP contribution in [0, 0.1) is 0 Å². The van der Waals surface area contributed by atoms with E-state index in [0.29, 0.717) is 27.8 Å². The van der Waals surface area contributed by atoms with Crippen LogP contribution in [-0.2, 0) is 9.59 Å². The van der Waals surface area contributed by atoms with E-state index in [4.69, 9.17) is 27.9 Å². The van der Waals surface area contributed by atoms with E-state index in [1.165, 1.54) is 11.3 Å². The summed E-state index contributed by atoms with van der Waals surface area (Å²) in [7, 11) is 0. The van der Waals surface area contributed by atoms with Gasteiger partial charge in [0, 0.05) is 22.4 Å². The van der Waals surface area contributed by atoms with E-state index in [2.05, 4.69) is 16.2 Å². The molecule has 7 nitrogen and oxygen atoms in total. The van der Waals surface area contributed by atoms with Crippen molar-refractivity contribution >= 4 is 52.3 Å². The number of ether oxygens (including phenoxy) is 1. The standard InChI is InChI=1S/C17H17Cl2N3O4S/c18-12-3-4-14(13(19)8-12)26-6-1-2-15(23)21-22-16(24)9-20-17(25)11-5-7-27-10-11/h3-5,7-8,10H,1-2,6,9H2,(H,20,25)(H,21,23)(H,22,24). The third-order valence-electron chi connectivity index (χ3n) is 3.23. The number of rotatable bonds is 8. The summed E-state index contributed by atoms with van der Waals surface area (Å²) in [4.78, 5) is 35.0. The van der Waals surface area contributed by atoms with Crippen LogP contribution in [-0.4, -0.2) is 30.9 Å². The molecule has 3 amide bonds. The largest absolute Gasteiger partial charge is 0.492 e. The van der Waals surface area contributed by atoms with Gasteiger partial charge in [0.2, 0.25) is 5.91 Å². The van der Waals surface area contributed by atoms with Gasteiger partial charge in [-0.05, 0) is 36.1 Å². The smallest absolute Gasteiger partial charge is 0.257 e. The molecule has 0 saturated carbocycles. The van der Waals surface area contributed by atoms with Gasteiger partial charge in [-0.15, -0.1) is 0 Å². The molecular formula is C17H17Cl2N3O4S. The second-order valence-electron chi connectivity index (χ2n) is 5.32. The van der Waals surface area contributed by atoms with Crippen LogP contribution in [0.3, 0.4) is 0 Å². The Bertz CT molecular complexity index is 799. The van der Waals surface area contributed by atoms with Gasteiger partial charge in [-0.25, -0.2) is 0 Å². The minimum Gasteiger partial charge on any atom is -0.492 e. The van der Waals surface area contributed by atoms with Crippen molar-refractivity contribution in [2.45, 2.75) is 12.8 Å². The Morgan fingerprint density at radius 3 is 2.56 bits per heavy atom. The molecule has 0 bridgehead atoms. The number of hydrogen-bond donors (Lipinski definition) is 3. The lowest BCUT2D eigenvalue weighted by Gasteiger charge is -2.09. The predicted molar refractivity (Wildman–Crippen MR) is 104 cm³/mol. The highest BCUT2D eigenvalue weighted by molar-refractivity contribution is 7.08. The van der Waals surface area contributed by atoms with Crippen molar-refractivity contribution < 1.29 is 19.1 Å². The van der Waals surface area contributed by atoms with Crippen molar-refractivity contribution in [2.75, 3.05) is 13.2 Å². The monoisotopic (exact) mass is 429 g/mol. The maximum absolute atomic E-state index is 11.7. The number of hydrazine groups is 1. The molecule has 1 heterocycles. The van der Waals surface area contributed by atoms with Gasteiger partial charge in [-0.2, -0.15) is 11.3 Å². The summed E-state index contributed by atoms with van der Waals surface area (Å²) < 4.78 is 5.46. The number of thiophene rings is 1. The lowest BCUT2D eigenvalue weighted by molar-refractivity contribution is -0.128. The molecule has 27 heavy (non-hydrogen) atoms. The number of carbonyl (C=O) groups is 3. The first kappa shape index (κ1) is 21.0. The van der Waals surface area contributed by atoms with Crippen LogP contribution >= 0.6 is 34.5 Å². The van der Waals surface area contributed by atoms with Crippen LogP contribution in [0.4, 0.5) is 0 Å². The Labute approximate surface area is 170 Å². The zero-order chi connectivity index (χ0) is 19.6. The predicted octanol–water partition coefficient (Wildman–Crippen LogP) is 2.79. The average Bonchev–Trinajstić information content (AvgIpc) is 3.17. The fourth-order valence-electron chi connectivity index (χ4n) is 1.91. The van der Waals surface area contributed by atoms with Crippen LogP contribution in [0.25, 0.3) is 0 Å². The van der Waals surface area contributed by atoms with E-state index in [0.717, 1.165) is 0 Å². The maximum Gasteiger partial charge on any atom is 0.257 e. The van der Waals surface area contributed by atoms with E-state index in [9.17, 15) is 14.4 Å². The summed E-state index contributed by atoms with van der Waals surface area (Å²) in [6.07, 6.45) is 0.572. The number of nitrogens with one attached hydrogen (secondary N) is 3. The summed E-state index contributed by atoms with van der Waals surface area (Å²) in [6.45, 7) is 0.0343. The lowest BCUT2D eigenvalue weighted by Crippen LogP contribution is -2.46. The summed E-state index contributed by atoms with van der Waals surface area (Å²) in [5.74, 6) is -0.777. The van der Waals surface area contributed by atoms with Gasteiger partial charge in [0.15, 0.2) is 0 Å². The van der Waals surface area contributed by atoms with Crippen molar-refractivity contribution in [2.24, 2.45) is 0 Å². The molecule has 0 unspecified atom stereocenters. The number of hydrogen-bond acceptors (Lipinski definition) is 5.